The van der Waals surface area contributed by atoms with E-state index in [9.17, 15) is 0 Å². The second-order valence-electron chi connectivity index (χ2n) is 9.74. The van der Waals surface area contributed by atoms with Gasteiger partial charge < -0.3 is 12.6 Å². The Morgan fingerprint density at radius 3 is 1.07 bits per heavy atom. The first-order chi connectivity index (χ1) is 19.4. The van der Waals surface area contributed by atoms with Crippen LogP contribution in [0.1, 0.15) is 25.0 Å². The van der Waals surface area contributed by atoms with E-state index in [1.807, 2.05) is 32.9 Å². The van der Waals surface area contributed by atoms with Crippen LogP contribution in [0.15, 0.2) is 140 Å². The molecule has 0 spiro atoms. The molecule has 0 aliphatic rings. The van der Waals surface area contributed by atoms with Crippen LogP contribution in [0.3, 0.4) is 0 Å². The molecule has 0 amide bonds. The fourth-order valence-corrected chi connectivity index (χ4v) is 9.54. The number of hydrogen-bond donors (Lipinski definition) is 0. The summed E-state index contributed by atoms with van der Waals surface area (Å²) in [6, 6.07) is 53.4. The van der Waals surface area contributed by atoms with Gasteiger partial charge in [0, 0.05) is 0 Å². The largest absolute Gasteiger partial charge is 2.00 e. The van der Waals surface area contributed by atoms with E-state index in [-0.39, 0.29) is 36.3 Å². The maximum atomic E-state index is 4.62. The van der Waals surface area contributed by atoms with Crippen LogP contribution in [0.25, 0.3) is 0 Å². The van der Waals surface area contributed by atoms with E-state index in [0.29, 0.717) is 5.25 Å². The Bertz CT molecular complexity index is 1170. The van der Waals surface area contributed by atoms with Gasteiger partial charge in [0.15, 0.2) is 0 Å². The summed E-state index contributed by atoms with van der Waals surface area (Å²) in [7, 11) is -0.696. The molecule has 0 atom stereocenters. The molecule has 0 aromatic heterocycles. The molecule has 0 bridgehead atoms. The van der Waals surface area contributed by atoms with Gasteiger partial charge in [0.1, 0.15) is 0 Å². The van der Waals surface area contributed by atoms with E-state index in [0.717, 1.165) is 0 Å². The Morgan fingerprint density at radius 1 is 0.561 bits per heavy atom. The molecule has 0 radical (unpaired) electrons. The predicted octanol–water partition coefficient (Wildman–Crippen LogP) is 8.30. The summed E-state index contributed by atoms with van der Waals surface area (Å²) in [6.45, 7) is 8.10. The van der Waals surface area contributed by atoms with Gasteiger partial charge in [0.2, 0.25) is 0 Å². The molecule has 5 rings (SSSR count). The molecule has 0 N–H and O–H groups in total. The van der Waals surface area contributed by atoms with Crippen LogP contribution in [0.4, 0.5) is 0 Å². The van der Waals surface area contributed by atoms with Crippen LogP contribution in [-0.4, -0.2) is 17.6 Å². The van der Waals surface area contributed by atoms with Crippen molar-refractivity contribution in [2.45, 2.75) is 32.9 Å². The number of hydrogen-bond acceptors (Lipinski definition) is 1. The number of benzene rings is 5. The fourth-order valence-electron chi connectivity index (χ4n) is 4.18. The Hall–Kier alpha value is -2.03. The molecule has 0 saturated heterocycles. The van der Waals surface area contributed by atoms with E-state index in [1.54, 1.807) is 0 Å². The zero-order valence-corrected chi connectivity index (χ0v) is 28.5. The first-order valence-electron chi connectivity index (χ1n) is 13.8. The second kappa shape index (κ2) is 20.0. The molecule has 0 heterocycles. The third-order valence-corrected chi connectivity index (χ3v) is 11.3. The average molecular weight is 685 g/mol. The van der Waals surface area contributed by atoms with Crippen LogP contribution in [0.2, 0.25) is 0 Å². The minimum Gasteiger partial charge on any atom is -0.790 e. The van der Waals surface area contributed by atoms with Crippen LogP contribution in [0, 0.1) is 19.9 Å². The van der Waals surface area contributed by atoms with Gasteiger partial charge in [-0.25, -0.2) is 0 Å². The SMILES string of the molecule is CC(C)[S-].Cc1[c-]ccc(C)c1.[Pd+2].c1ccc(P(CCP(c2ccccc2)c2ccccc2)c2ccccc2)cc1. The second-order valence-corrected chi connectivity index (χ2v) is 15.4. The molecule has 0 aliphatic heterocycles. The van der Waals surface area contributed by atoms with E-state index >= 15 is 0 Å². The molecular weight excluding hydrogens is 645 g/mol. The van der Waals surface area contributed by atoms with Crippen LogP contribution >= 0.6 is 15.8 Å². The summed E-state index contributed by atoms with van der Waals surface area (Å²) in [4.78, 5) is 0. The molecule has 0 aliphatic carbocycles. The predicted molar refractivity (Wildman–Crippen MR) is 185 cm³/mol. The number of aryl methyl sites for hydroxylation is 2. The van der Waals surface area contributed by atoms with Crippen molar-refractivity contribution in [2.75, 3.05) is 12.3 Å². The van der Waals surface area contributed by atoms with Crippen molar-refractivity contribution >= 4 is 49.7 Å². The van der Waals surface area contributed by atoms with Crippen LogP contribution < -0.4 is 21.2 Å². The monoisotopic (exact) mass is 684 g/mol. The summed E-state index contributed by atoms with van der Waals surface area (Å²) < 4.78 is 0. The maximum Gasteiger partial charge on any atom is 2.00 e. The summed E-state index contributed by atoms with van der Waals surface area (Å²) in [5.74, 6) is 0. The maximum absolute atomic E-state index is 4.62. The van der Waals surface area contributed by atoms with Crippen molar-refractivity contribution in [1.29, 1.82) is 0 Å². The smallest absolute Gasteiger partial charge is 0.790 e. The van der Waals surface area contributed by atoms with Crippen LogP contribution in [0.5, 0.6) is 0 Å². The Labute approximate surface area is 270 Å². The van der Waals surface area contributed by atoms with Crippen molar-refractivity contribution in [3.63, 3.8) is 0 Å². The molecule has 5 aromatic rings. The molecule has 214 valence electrons. The molecule has 41 heavy (non-hydrogen) atoms. The molecule has 0 nitrogen and oxygen atoms in total. The van der Waals surface area contributed by atoms with Gasteiger partial charge >= 0.3 is 20.4 Å². The normalized spacial score (nSPS) is 10.2. The Morgan fingerprint density at radius 2 is 0.854 bits per heavy atom. The molecule has 0 unspecified atom stereocenters. The van der Waals surface area contributed by atoms with Gasteiger partial charge in [-0.15, -0.1) is 0 Å². The molecule has 0 saturated carbocycles. The zero-order valence-electron chi connectivity index (χ0n) is 24.4. The van der Waals surface area contributed by atoms with Crippen molar-refractivity contribution in [3.8, 4) is 0 Å². The van der Waals surface area contributed by atoms with E-state index in [2.05, 4.69) is 153 Å². The van der Waals surface area contributed by atoms with Crippen molar-refractivity contribution < 1.29 is 20.4 Å². The number of rotatable bonds is 7. The molecular formula is C37H40P2PdS. The molecule has 0 fully saturated rings. The molecule has 4 heteroatoms. The topological polar surface area (TPSA) is 0 Å². The molecule has 5 aromatic carbocycles. The van der Waals surface area contributed by atoms with Crippen molar-refractivity contribution in [1.82, 2.24) is 0 Å². The summed E-state index contributed by atoms with van der Waals surface area (Å²) >= 11 is 4.62. The summed E-state index contributed by atoms with van der Waals surface area (Å²) in [6.07, 6.45) is 2.41. The van der Waals surface area contributed by atoms with E-state index in [1.165, 1.54) is 44.7 Å². The van der Waals surface area contributed by atoms with Gasteiger partial charge in [-0.2, -0.15) is 40.6 Å². The Balaban J connectivity index is 0.000000379. The van der Waals surface area contributed by atoms with Crippen molar-refractivity contribution in [2.24, 2.45) is 0 Å². The first-order valence-corrected chi connectivity index (χ1v) is 17.3. The minimum absolute atomic E-state index is 0. The van der Waals surface area contributed by atoms with Crippen molar-refractivity contribution in [3.05, 3.63) is 157 Å². The first kappa shape index (κ1) is 35.2. The third kappa shape index (κ3) is 13.2. The van der Waals surface area contributed by atoms with Gasteiger partial charge in [-0.3, -0.25) is 0 Å². The zero-order chi connectivity index (χ0) is 28.6. The summed E-state index contributed by atoms with van der Waals surface area (Å²) in [5, 5.41) is 6.30. The van der Waals surface area contributed by atoms with Gasteiger partial charge in [0.05, 0.1) is 0 Å². The summed E-state index contributed by atoms with van der Waals surface area (Å²) in [5.41, 5.74) is 2.52. The van der Waals surface area contributed by atoms with Gasteiger partial charge in [0.25, 0.3) is 0 Å². The van der Waals surface area contributed by atoms with E-state index in [4.69, 9.17) is 0 Å². The average Bonchev–Trinajstić information content (AvgIpc) is 2.97. The van der Waals surface area contributed by atoms with Crippen LogP contribution in [-0.2, 0) is 33.1 Å². The minimum atomic E-state index is -0.348. The van der Waals surface area contributed by atoms with Gasteiger partial charge in [-0.1, -0.05) is 149 Å². The standard InChI is InChI=1S/C26H24P2.C8H9.C3H8S.Pd/c1-5-13-23(14-6-1)27(24-15-7-2-8-16-24)21-22-28(25-17-9-3-10-18-25)26-19-11-4-12-20-26;1-7-4-3-5-8(2)6-7;1-3(2)4;/h1-20H,21-22H2;3-4,6H,1-2H3;3-4H,1-2H3;/q;-1;;+2/p-1. The quantitative estimate of drug-likeness (QED) is 0.0720. The van der Waals surface area contributed by atoms with E-state index < -0.39 is 0 Å². The Kier molecular flexibility index (Phi) is 17.1. The fraction of sp³-hybridized carbons (Fsp3) is 0.189. The third-order valence-electron chi connectivity index (χ3n) is 5.92. The van der Waals surface area contributed by atoms with Gasteiger partial charge in [-0.05, 0) is 49.4 Å².